The van der Waals surface area contributed by atoms with Crippen LogP contribution in [0.1, 0.15) is 11.1 Å². The maximum absolute atomic E-state index is 5.83. The van der Waals surface area contributed by atoms with E-state index >= 15 is 0 Å². The van der Waals surface area contributed by atoms with Crippen LogP contribution in [0.25, 0.3) is 0 Å². The van der Waals surface area contributed by atoms with Gasteiger partial charge < -0.3 is 14.2 Å². The highest BCUT2D eigenvalue weighted by Crippen LogP contribution is 2.29. The zero-order valence-corrected chi connectivity index (χ0v) is 11.7. The van der Waals surface area contributed by atoms with Gasteiger partial charge in [0, 0.05) is 0 Å². The second-order valence-electron chi connectivity index (χ2n) is 4.36. The van der Waals surface area contributed by atoms with E-state index in [2.05, 4.69) is 0 Å². The van der Waals surface area contributed by atoms with Crippen molar-refractivity contribution in [1.82, 2.24) is 0 Å². The molecule has 0 radical (unpaired) electrons. The molecule has 2 aromatic rings. The van der Waals surface area contributed by atoms with E-state index in [1.54, 1.807) is 14.2 Å². The van der Waals surface area contributed by atoms with Crippen LogP contribution in [0.2, 0.25) is 0 Å². The number of hydrogen-bond acceptors (Lipinski definition) is 3. The van der Waals surface area contributed by atoms with Crippen molar-refractivity contribution >= 4 is 0 Å². The summed E-state index contributed by atoms with van der Waals surface area (Å²) in [5, 5.41) is 0. The average Bonchev–Trinajstić information content (AvgIpc) is 2.39. The summed E-state index contributed by atoms with van der Waals surface area (Å²) in [6, 6.07) is 11.5. The standard InChI is InChI=1S/C16H18O3/c1-11-9-13(5-7-15(11)17-3)19-14-6-8-16(18-4)12(2)10-14/h5-10H,1-4H3. The number of ether oxygens (including phenoxy) is 3. The summed E-state index contributed by atoms with van der Waals surface area (Å²) >= 11 is 0. The molecule has 0 heterocycles. The summed E-state index contributed by atoms with van der Waals surface area (Å²) in [7, 11) is 3.32. The molecule has 19 heavy (non-hydrogen) atoms. The Hall–Kier alpha value is -2.16. The Morgan fingerprint density at radius 2 is 1.11 bits per heavy atom. The molecule has 0 amide bonds. The van der Waals surface area contributed by atoms with Crippen LogP contribution in [0.3, 0.4) is 0 Å². The highest BCUT2D eigenvalue weighted by atomic mass is 16.5. The van der Waals surface area contributed by atoms with Crippen molar-refractivity contribution in [2.75, 3.05) is 14.2 Å². The van der Waals surface area contributed by atoms with Gasteiger partial charge in [-0.05, 0) is 61.4 Å². The van der Waals surface area contributed by atoms with E-state index in [1.807, 2.05) is 50.2 Å². The van der Waals surface area contributed by atoms with Gasteiger partial charge in [-0.1, -0.05) is 0 Å². The molecule has 3 heteroatoms. The van der Waals surface area contributed by atoms with Crippen LogP contribution in [0.15, 0.2) is 36.4 Å². The lowest BCUT2D eigenvalue weighted by molar-refractivity contribution is 0.407. The Morgan fingerprint density at radius 3 is 1.42 bits per heavy atom. The van der Waals surface area contributed by atoms with Crippen LogP contribution in [-0.4, -0.2) is 14.2 Å². The molecule has 0 aliphatic rings. The molecule has 0 saturated heterocycles. The number of aryl methyl sites for hydroxylation is 2. The Morgan fingerprint density at radius 1 is 0.684 bits per heavy atom. The summed E-state index contributed by atoms with van der Waals surface area (Å²) in [5.41, 5.74) is 2.09. The smallest absolute Gasteiger partial charge is 0.127 e. The second-order valence-corrected chi connectivity index (χ2v) is 4.36. The van der Waals surface area contributed by atoms with Crippen molar-refractivity contribution in [3.05, 3.63) is 47.5 Å². The monoisotopic (exact) mass is 258 g/mol. The zero-order valence-electron chi connectivity index (χ0n) is 11.7. The molecule has 0 saturated carbocycles. The number of methoxy groups -OCH3 is 2. The summed E-state index contributed by atoms with van der Waals surface area (Å²) in [6.07, 6.45) is 0. The van der Waals surface area contributed by atoms with Gasteiger partial charge >= 0.3 is 0 Å². The van der Waals surface area contributed by atoms with Crippen molar-refractivity contribution < 1.29 is 14.2 Å². The fourth-order valence-electron chi connectivity index (χ4n) is 1.96. The minimum absolute atomic E-state index is 0.794. The minimum atomic E-state index is 0.794. The first-order valence-electron chi connectivity index (χ1n) is 6.11. The molecular formula is C16H18O3. The number of rotatable bonds is 4. The van der Waals surface area contributed by atoms with E-state index in [0.717, 1.165) is 34.1 Å². The average molecular weight is 258 g/mol. The first-order valence-corrected chi connectivity index (χ1v) is 6.11. The van der Waals surface area contributed by atoms with Crippen LogP contribution in [0.5, 0.6) is 23.0 Å². The topological polar surface area (TPSA) is 27.7 Å². The molecule has 2 aromatic carbocycles. The lowest BCUT2D eigenvalue weighted by Gasteiger charge is -2.11. The molecule has 0 fully saturated rings. The molecule has 0 spiro atoms. The Bertz CT molecular complexity index is 525. The van der Waals surface area contributed by atoms with Crippen LogP contribution in [0, 0.1) is 13.8 Å². The first-order chi connectivity index (χ1) is 9.13. The maximum atomic E-state index is 5.83. The van der Waals surface area contributed by atoms with Crippen LogP contribution >= 0.6 is 0 Å². The van der Waals surface area contributed by atoms with Gasteiger partial charge in [0.15, 0.2) is 0 Å². The predicted octanol–water partition coefficient (Wildman–Crippen LogP) is 4.11. The Kier molecular flexibility index (Phi) is 3.95. The molecule has 0 aliphatic heterocycles. The fraction of sp³-hybridized carbons (Fsp3) is 0.250. The zero-order chi connectivity index (χ0) is 13.8. The maximum Gasteiger partial charge on any atom is 0.127 e. The lowest BCUT2D eigenvalue weighted by atomic mass is 10.2. The molecule has 0 atom stereocenters. The van der Waals surface area contributed by atoms with Crippen molar-refractivity contribution in [1.29, 1.82) is 0 Å². The number of hydrogen-bond donors (Lipinski definition) is 0. The van der Waals surface area contributed by atoms with E-state index in [9.17, 15) is 0 Å². The highest BCUT2D eigenvalue weighted by Gasteiger charge is 2.04. The summed E-state index contributed by atoms with van der Waals surface area (Å²) in [5.74, 6) is 3.31. The largest absolute Gasteiger partial charge is 0.496 e. The third-order valence-electron chi connectivity index (χ3n) is 2.97. The van der Waals surface area contributed by atoms with E-state index in [1.165, 1.54) is 0 Å². The third-order valence-corrected chi connectivity index (χ3v) is 2.97. The third kappa shape index (κ3) is 2.99. The van der Waals surface area contributed by atoms with Crippen LogP contribution in [-0.2, 0) is 0 Å². The molecule has 0 bridgehead atoms. The van der Waals surface area contributed by atoms with Crippen molar-refractivity contribution in [3.63, 3.8) is 0 Å². The second kappa shape index (κ2) is 5.65. The van der Waals surface area contributed by atoms with E-state index in [0.29, 0.717) is 0 Å². The molecule has 0 N–H and O–H groups in total. The molecule has 2 rings (SSSR count). The van der Waals surface area contributed by atoms with Gasteiger partial charge in [-0.15, -0.1) is 0 Å². The van der Waals surface area contributed by atoms with Crippen molar-refractivity contribution in [2.45, 2.75) is 13.8 Å². The van der Waals surface area contributed by atoms with E-state index in [4.69, 9.17) is 14.2 Å². The molecule has 0 unspecified atom stereocenters. The number of benzene rings is 2. The Balaban J connectivity index is 2.21. The molecule has 0 aromatic heterocycles. The summed E-state index contributed by atoms with van der Waals surface area (Å²) in [4.78, 5) is 0. The van der Waals surface area contributed by atoms with Gasteiger partial charge in [0.2, 0.25) is 0 Å². The minimum Gasteiger partial charge on any atom is -0.496 e. The first kappa shape index (κ1) is 13.3. The lowest BCUT2D eigenvalue weighted by Crippen LogP contribution is -1.91. The molecule has 100 valence electrons. The van der Waals surface area contributed by atoms with Gasteiger partial charge in [-0.2, -0.15) is 0 Å². The van der Waals surface area contributed by atoms with E-state index in [-0.39, 0.29) is 0 Å². The van der Waals surface area contributed by atoms with Gasteiger partial charge in [0.25, 0.3) is 0 Å². The van der Waals surface area contributed by atoms with Gasteiger partial charge in [-0.25, -0.2) is 0 Å². The SMILES string of the molecule is COc1ccc(Oc2ccc(OC)c(C)c2)cc1C. The highest BCUT2D eigenvalue weighted by molar-refractivity contribution is 5.44. The summed E-state index contributed by atoms with van der Waals surface area (Å²) < 4.78 is 16.3. The normalized spacial score (nSPS) is 10.1. The van der Waals surface area contributed by atoms with Crippen LogP contribution < -0.4 is 14.2 Å². The quantitative estimate of drug-likeness (QED) is 0.825. The van der Waals surface area contributed by atoms with Gasteiger partial charge in [0.05, 0.1) is 14.2 Å². The Labute approximate surface area is 113 Å². The fourth-order valence-corrected chi connectivity index (χ4v) is 1.96. The van der Waals surface area contributed by atoms with Gasteiger partial charge in [-0.3, -0.25) is 0 Å². The molecule has 0 aliphatic carbocycles. The van der Waals surface area contributed by atoms with Crippen LogP contribution in [0.4, 0.5) is 0 Å². The molecular weight excluding hydrogens is 240 g/mol. The van der Waals surface area contributed by atoms with E-state index < -0.39 is 0 Å². The molecule has 3 nitrogen and oxygen atoms in total. The summed E-state index contributed by atoms with van der Waals surface area (Å²) in [6.45, 7) is 3.98. The van der Waals surface area contributed by atoms with Gasteiger partial charge in [0.1, 0.15) is 23.0 Å². The van der Waals surface area contributed by atoms with Crippen molar-refractivity contribution in [3.8, 4) is 23.0 Å². The van der Waals surface area contributed by atoms with Crippen molar-refractivity contribution in [2.24, 2.45) is 0 Å². The predicted molar refractivity (Wildman–Crippen MR) is 75.5 cm³/mol.